The van der Waals surface area contributed by atoms with Crippen molar-refractivity contribution in [2.75, 3.05) is 0 Å². The van der Waals surface area contributed by atoms with Crippen molar-refractivity contribution < 1.29 is 8.83 Å². The van der Waals surface area contributed by atoms with Gasteiger partial charge in [0.15, 0.2) is 17.5 Å². The van der Waals surface area contributed by atoms with Crippen LogP contribution >= 0.6 is 0 Å². The highest BCUT2D eigenvalue weighted by molar-refractivity contribution is 6.10. The molecule has 0 amide bonds. The van der Waals surface area contributed by atoms with E-state index in [1.807, 2.05) is 24.3 Å². The van der Waals surface area contributed by atoms with Crippen molar-refractivity contribution in [3.05, 3.63) is 162 Å². The molecule has 0 fully saturated rings. The molecule has 12 rings (SSSR count). The van der Waals surface area contributed by atoms with E-state index in [2.05, 4.69) is 157 Å². The highest BCUT2D eigenvalue weighted by Gasteiger charge is 2.47. The third-order valence-electron chi connectivity index (χ3n) is 13.8. The minimum absolute atomic E-state index is 0.0133. The maximum absolute atomic E-state index is 6.66. The monoisotopic (exact) mass is 763 g/mol. The van der Waals surface area contributed by atoms with E-state index in [-0.39, 0.29) is 16.2 Å². The maximum atomic E-state index is 6.66. The number of para-hydroxylation sites is 2. The van der Waals surface area contributed by atoms with Crippen LogP contribution in [0.1, 0.15) is 63.8 Å². The summed E-state index contributed by atoms with van der Waals surface area (Å²) in [6.07, 6.45) is 0. The van der Waals surface area contributed by atoms with Gasteiger partial charge in [-0.25, -0.2) is 15.0 Å². The predicted molar refractivity (Wildman–Crippen MR) is 240 cm³/mol. The Morgan fingerprint density at radius 1 is 0.407 bits per heavy atom. The van der Waals surface area contributed by atoms with Gasteiger partial charge >= 0.3 is 0 Å². The Bertz CT molecular complexity index is 3430. The molecule has 0 N–H and O–H groups in total. The fourth-order valence-electron chi connectivity index (χ4n) is 10.2. The van der Waals surface area contributed by atoms with E-state index in [0.29, 0.717) is 17.5 Å². The minimum Gasteiger partial charge on any atom is -0.456 e. The molecule has 59 heavy (non-hydrogen) atoms. The topological polar surface area (TPSA) is 65.0 Å². The number of nitrogens with zero attached hydrogens (tertiary/aromatic N) is 3. The minimum atomic E-state index is -0.173. The van der Waals surface area contributed by atoms with E-state index >= 15 is 0 Å². The third kappa shape index (κ3) is 4.64. The van der Waals surface area contributed by atoms with Gasteiger partial charge in [-0.3, -0.25) is 0 Å². The fraction of sp³-hybridized carbons (Fsp3) is 0.167. The highest BCUT2D eigenvalue weighted by Crippen LogP contribution is 2.58. The lowest BCUT2D eigenvalue weighted by molar-refractivity contribution is 0.255. The second kappa shape index (κ2) is 11.6. The second-order valence-electron chi connectivity index (χ2n) is 18.1. The lowest BCUT2D eigenvalue weighted by Gasteiger charge is -2.40. The Hall–Kier alpha value is -6.85. The van der Waals surface area contributed by atoms with Gasteiger partial charge in [0.2, 0.25) is 0 Å². The first-order chi connectivity index (χ1) is 28.5. The normalized spacial score (nSPS) is 16.5. The number of furan rings is 2. The molecule has 1 atom stereocenters. The molecule has 0 saturated carbocycles. The van der Waals surface area contributed by atoms with Crippen LogP contribution in [0.5, 0.6) is 0 Å². The Morgan fingerprint density at radius 2 is 1.00 bits per heavy atom. The highest BCUT2D eigenvalue weighted by atomic mass is 16.3. The molecule has 5 heteroatoms. The van der Waals surface area contributed by atoms with Crippen molar-refractivity contribution in [2.45, 2.75) is 52.4 Å². The third-order valence-corrected chi connectivity index (χ3v) is 13.8. The van der Waals surface area contributed by atoms with Crippen molar-refractivity contribution in [3.63, 3.8) is 0 Å². The molecule has 0 radical (unpaired) electrons. The van der Waals surface area contributed by atoms with Crippen molar-refractivity contribution in [2.24, 2.45) is 5.41 Å². The molecule has 5 nitrogen and oxygen atoms in total. The van der Waals surface area contributed by atoms with Gasteiger partial charge in [0.25, 0.3) is 0 Å². The first kappa shape index (κ1) is 34.2. The van der Waals surface area contributed by atoms with Crippen LogP contribution in [-0.4, -0.2) is 15.0 Å². The largest absolute Gasteiger partial charge is 0.456 e. The summed E-state index contributed by atoms with van der Waals surface area (Å²) < 4.78 is 13.2. The van der Waals surface area contributed by atoms with Crippen LogP contribution in [0.25, 0.3) is 100 Å². The molecule has 0 aliphatic heterocycles. The van der Waals surface area contributed by atoms with Crippen molar-refractivity contribution >= 4 is 43.9 Å². The number of rotatable bonds is 3. The van der Waals surface area contributed by atoms with Gasteiger partial charge in [-0.1, -0.05) is 133 Å². The SMILES string of the molecule is CC1(C)c2ccccc2-c2ccc(-c3nc(-c4ccc5oc6cc7c(cc6c5c4)-c4ccccc4C7(C)C(C)(C)C)nc(-c4cccc5c4oc4ccccc45)n3)cc21. The fourth-order valence-corrected chi connectivity index (χ4v) is 10.2. The summed E-state index contributed by atoms with van der Waals surface area (Å²) in [4.78, 5) is 15.7. The Morgan fingerprint density at radius 3 is 1.80 bits per heavy atom. The molecule has 0 bridgehead atoms. The van der Waals surface area contributed by atoms with Crippen LogP contribution in [0, 0.1) is 5.41 Å². The smallest absolute Gasteiger partial charge is 0.167 e. The van der Waals surface area contributed by atoms with Gasteiger partial charge < -0.3 is 8.83 Å². The zero-order valence-corrected chi connectivity index (χ0v) is 33.9. The van der Waals surface area contributed by atoms with E-state index in [1.54, 1.807) is 0 Å². The van der Waals surface area contributed by atoms with E-state index in [1.165, 1.54) is 44.5 Å². The van der Waals surface area contributed by atoms with Crippen molar-refractivity contribution in [3.8, 4) is 56.4 Å². The summed E-state index contributed by atoms with van der Waals surface area (Å²) in [6.45, 7) is 14.0. The molecular formula is C54H41N3O2. The van der Waals surface area contributed by atoms with Gasteiger partial charge in [0, 0.05) is 43.5 Å². The molecule has 0 saturated heterocycles. The van der Waals surface area contributed by atoms with Crippen LogP contribution in [-0.2, 0) is 10.8 Å². The number of aromatic nitrogens is 3. The van der Waals surface area contributed by atoms with Crippen LogP contribution in [0.3, 0.4) is 0 Å². The van der Waals surface area contributed by atoms with Crippen LogP contribution in [0.2, 0.25) is 0 Å². The van der Waals surface area contributed by atoms with E-state index < -0.39 is 0 Å². The summed E-state index contributed by atoms with van der Waals surface area (Å²) >= 11 is 0. The standard InChI is InChI=1S/C54H41N3O2/c1-52(2,3)54(6)42-20-11-8-15-33(42)38-28-40-39-26-30(23-25-46(39)58-47(40)29-44(38)54)49-55-50(31-22-24-34-32-14-7-10-19-41(32)53(4,5)43(34)27-31)57-51(56-49)37-18-13-17-36-35-16-9-12-21-45(35)59-48(36)37/h7-29H,1-6H3. The molecule has 2 aliphatic carbocycles. The van der Waals surface area contributed by atoms with Crippen molar-refractivity contribution in [1.29, 1.82) is 0 Å². The van der Waals surface area contributed by atoms with Crippen LogP contribution < -0.4 is 0 Å². The second-order valence-corrected chi connectivity index (χ2v) is 18.1. The molecule has 3 aromatic heterocycles. The van der Waals surface area contributed by atoms with Gasteiger partial charge in [-0.2, -0.15) is 0 Å². The zero-order valence-electron chi connectivity index (χ0n) is 33.9. The molecule has 7 aromatic carbocycles. The molecule has 0 spiro atoms. The number of hydrogen-bond acceptors (Lipinski definition) is 5. The first-order valence-electron chi connectivity index (χ1n) is 20.5. The lowest BCUT2D eigenvalue weighted by Crippen LogP contribution is -2.36. The number of fused-ring (bicyclic) bond motifs is 12. The maximum Gasteiger partial charge on any atom is 0.167 e. The summed E-state index contributed by atoms with van der Waals surface area (Å²) in [6, 6.07) is 49.5. The number of benzene rings is 7. The summed E-state index contributed by atoms with van der Waals surface area (Å²) in [5.41, 5.74) is 16.0. The van der Waals surface area contributed by atoms with Crippen LogP contribution in [0.4, 0.5) is 0 Å². The molecule has 1 unspecified atom stereocenters. The van der Waals surface area contributed by atoms with Gasteiger partial charge in [-0.15, -0.1) is 0 Å². The molecule has 284 valence electrons. The Labute approximate surface area is 342 Å². The van der Waals surface area contributed by atoms with Gasteiger partial charge in [0.05, 0.1) is 5.56 Å². The predicted octanol–water partition coefficient (Wildman–Crippen LogP) is 14.3. The van der Waals surface area contributed by atoms with E-state index in [0.717, 1.165) is 60.6 Å². The van der Waals surface area contributed by atoms with E-state index in [4.69, 9.17) is 23.8 Å². The van der Waals surface area contributed by atoms with Crippen LogP contribution in [0.15, 0.2) is 148 Å². The number of hydrogen-bond donors (Lipinski definition) is 0. The van der Waals surface area contributed by atoms with Gasteiger partial charge in [0.1, 0.15) is 22.3 Å². The Kier molecular flexibility index (Phi) is 6.75. The Balaban J connectivity index is 1.07. The van der Waals surface area contributed by atoms with E-state index in [9.17, 15) is 0 Å². The summed E-state index contributed by atoms with van der Waals surface area (Å²) in [7, 11) is 0. The average molecular weight is 764 g/mol. The zero-order chi connectivity index (χ0) is 40.0. The van der Waals surface area contributed by atoms with Gasteiger partial charge in [-0.05, 0) is 98.5 Å². The van der Waals surface area contributed by atoms with Crippen molar-refractivity contribution in [1.82, 2.24) is 15.0 Å². The molecule has 10 aromatic rings. The molecule has 2 aliphatic rings. The first-order valence-corrected chi connectivity index (χ1v) is 20.5. The molecule has 3 heterocycles. The lowest BCUT2D eigenvalue weighted by atomic mass is 9.62. The molecular weight excluding hydrogens is 723 g/mol. The average Bonchev–Trinajstić information content (AvgIpc) is 3.95. The quantitative estimate of drug-likeness (QED) is 0.179. The summed E-state index contributed by atoms with van der Waals surface area (Å²) in [5, 5.41) is 4.20. The summed E-state index contributed by atoms with van der Waals surface area (Å²) in [5.74, 6) is 1.76.